The van der Waals surface area contributed by atoms with E-state index >= 15 is 0 Å². The summed E-state index contributed by atoms with van der Waals surface area (Å²) in [6.07, 6.45) is 0.865. The number of hydrogen-bond acceptors (Lipinski definition) is 3. The van der Waals surface area contributed by atoms with Gasteiger partial charge in [0, 0.05) is 13.1 Å². The van der Waals surface area contributed by atoms with Crippen molar-refractivity contribution in [3.8, 4) is 0 Å². The number of rotatable bonds is 4. The molecule has 0 radical (unpaired) electrons. The van der Waals surface area contributed by atoms with E-state index in [9.17, 15) is 8.78 Å². The van der Waals surface area contributed by atoms with E-state index in [-0.39, 0.29) is 12.6 Å². The quantitative estimate of drug-likeness (QED) is 0.299. The number of aliphatic imine (C=N–C) groups is 1. The Labute approximate surface area is 82.1 Å². The van der Waals surface area contributed by atoms with Gasteiger partial charge in [-0.3, -0.25) is 9.89 Å². The fourth-order valence-corrected chi connectivity index (χ4v) is 1.59. The van der Waals surface area contributed by atoms with Gasteiger partial charge in [-0.05, 0) is 12.8 Å². The van der Waals surface area contributed by atoms with E-state index in [0.717, 1.165) is 12.8 Å². The monoisotopic (exact) mass is 206 g/mol. The summed E-state index contributed by atoms with van der Waals surface area (Å²) in [7, 11) is 0. The van der Waals surface area contributed by atoms with Gasteiger partial charge in [0.15, 0.2) is 0 Å². The van der Waals surface area contributed by atoms with Crippen LogP contribution in [0.25, 0.3) is 0 Å². The molecule has 0 saturated carbocycles. The van der Waals surface area contributed by atoms with Crippen LogP contribution in [-0.2, 0) is 0 Å². The minimum absolute atomic E-state index is 0.119. The maximum Gasteiger partial charge on any atom is 0.251 e. The number of piperidine rings is 1. The molecule has 1 saturated heterocycles. The SMILES string of the molecule is NNC=NC1CCN(CC(F)F)CC1. The predicted molar refractivity (Wildman–Crippen MR) is 51.3 cm³/mol. The summed E-state index contributed by atoms with van der Waals surface area (Å²) in [5.41, 5.74) is 2.33. The molecular weight excluding hydrogens is 190 g/mol. The molecule has 0 spiro atoms. The second kappa shape index (κ2) is 5.87. The van der Waals surface area contributed by atoms with Gasteiger partial charge in [-0.25, -0.2) is 14.6 Å². The van der Waals surface area contributed by atoms with Gasteiger partial charge in [0.25, 0.3) is 6.43 Å². The molecule has 0 aromatic carbocycles. The lowest BCUT2D eigenvalue weighted by Crippen LogP contribution is -2.38. The number of nitrogens with one attached hydrogen (secondary N) is 1. The first-order valence-corrected chi connectivity index (χ1v) is 4.70. The Balaban J connectivity index is 2.21. The van der Waals surface area contributed by atoms with Crippen LogP contribution in [0, 0.1) is 0 Å². The highest BCUT2D eigenvalue weighted by molar-refractivity contribution is 5.53. The zero-order valence-corrected chi connectivity index (χ0v) is 8.00. The van der Waals surface area contributed by atoms with Crippen molar-refractivity contribution < 1.29 is 8.78 Å². The number of hydrazine groups is 1. The number of nitrogens with zero attached hydrogens (tertiary/aromatic N) is 2. The summed E-state index contributed by atoms with van der Waals surface area (Å²) in [6.45, 7) is 1.26. The number of likely N-dealkylation sites (tertiary alicyclic amines) is 1. The minimum atomic E-state index is -2.24. The van der Waals surface area contributed by atoms with Crippen molar-refractivity contribution in [1.82, 2.24) is 10.3 Å². The molecule has 1 rings (SSSR count). The lowest BCUT2D eigenvalue weighted by Gasteiger charge is -2.29. The summed E-state index contributed by atoms with van der Waals surface area (Å²) < 4.78 is 24.0. The van der Waals surface area contributed by atoms with Gasteiger partial charge in [0.1, 0.15) is 0 Å². The molecular formula is C8H16F2N4. The first-order chi connectivity index (χ1) is 6.72. The molecule has 1 aliphatic heterocycles. The normalized spacial score (nSPS) is 20.9. The highest BCUT2D eigenvalue weighted by Gasteiger charge is 2.20. The molecule has 1 heterocycles. The third-order valence-electron chi connectivity index (χ3n) is 2.31. The second-order valence-corrected chi connectivity index (χ2v) is 3.37. The highest BCUT2D eigenvalue weighted by Crippen LogP contribution is 2.13. The number of alkyl halides is 2. The first-order valence-electron chi connectivity index (χ1n) is 4.70. The Bertz CT molecular complexity index is 178. The first kappa shape index (κ1) is 11.3. The zero-order valence-electron chi connectivity index (χ0n) is 8.00. The maximum absolute atomic E-state index is 12.0. The molecule has 0 unspecified atom stereocenters. The number of nitrogens with two attached hydrogens (primary N) is 1. The number of hydrogen-bond donors (Lipinski definition) is 2. The van der Waals surface area contributed by atoms with E-state index in [1.54, 1.807) is 4.90 Å². The summed E-state index contributed by atoms with van der Waals surface area (Å²) in [4.78, 5) is 5.91. The molecule has 4 nitrogen and oxygen atoms in total. The summed E-state index contributed by atoms with van der Waals surface area (Å²) in [5, 5.41) is 0. The Kier molecular flexibility index (Phi) is 4.75. The highest BCUT2D eigenvalue weighted by atomic mass is 19.3. The van der Waals surface area contributed by atoms with E-state index in [2.05, 4.69) is 10.4 Å². The van der Waals surface area contributed by atoms with Gasteiger partial charge in [-0.15, -0.1) is 0 Å². The standard InChI is InChI=1S/C8H16F2N4/c9-8(10)5-14-3-1-7(2-4-14)12-6-13-11/h6-8H,1-5,11H2,(H,12,13). The van der Waals surface area contributed by atoms with E-state index < -0.39 is 6.43 Å². The maximum atomic E-state index is 12.0. The van der Waals surface area contributed by atoms with Gasteiger partial charge in [-0.2, -0.15) is 0 Å². The molecule has 1 aliphatic rings. The lowest BCUT2D eigenvalue weighted by molar-refractivity contribution is 0.0759. The smallest absolute Gasteiger partial charge is 0.251 e. The largest absolute Gasteiger partial charge is 0.315 e. The average Bonchev–Trinajstić information content (AvgIpc) is 2.16. The van der Waals surface area contributed by atoms with Crippen LogP contribution < -0.4 is 11.3 Å². The number of halogens is 2. The Morgan fingerprint density at radius 3 is 2.64 bits per heavy atom. The molecule has 0 amide bonds. The van der Waals surface area contributed by atoms with Crippen LogP contribution in [0.2, 0.25) is 0 Å². The van der Waals surface area contributed by atoms with E-state index in [1.165, 1.54) is 6.34 Å². The van der Waals surface area contributed by atoms with Crippen molar-refractivity contribution in [2.45, 2.75) is 25.3 Å². The van der Waals surface area contributed by atoms with Gasteiger partial charge in [-0.1, -0.05) is 0 Å². The molecule has 0 aromatic heterocycles. The van der Waals surface area contributed by atoms with Crippen molar-refractivity contribution >= 4 is 6.34 Å². The van der Waals surface area contributed by atoms with Gasteiger partial charge < -0.3 is 5.43 Å². The van der Waals surface area contributed by atoms with Crippen LogP contribution in [0.1, 0.15) is 12.8 Å². The molecule has 0 aliphatic carbocycles. The fraction of sp³-hybridized carbons (Fsp3) is 0.875. The van der Waals surface area contributed by atoms with Crippen LogP contribution in [0.15, 0.2) is 4.99 Å². The third kappa shape index (κ3) is 3.97. The molecule has 0 atom stereocenters. The van der Waals surface area contributed by atoms with Crippen molar-refractivity contribution in [2.24, 2.45) is 10.8 Å². The molecule has 3 N–H and O–H groups in total. The Morgan fingerprint density at radius 2 is 2.14 bits per heavy atom. The molecule has 1 fully saturated rings. The van der Waals surface area contributed by atoms with Crippen LogP contribution in [0.3, 0.4) is 0 Å². The summed E-state index contributed by atoms with van der Waals surface area (Å²) in [5.74, 6) is 5.03. The van der Waals surface area contributed by atoms with Gasteiger partial charge >= 0.3 is 0 Å². The van der Waals surface area contributed by atoms with Crippen LogP contribution in [-0.4, -0.2) is 43.3 Å². The minimum Gasteiger partial charge on any atom is -0.315 e. The zero-order chi connectivity index (χ0) is 10.4. The van der Waals surface area contributed by atoms with Crippen molar-refractivity contribution in [2.75, 3.05) is 19.6 Å². The average molecular weight is 206 g/mol. The van der Waals surface area contributed by atoms with E-state index in [1.807, 2.05) is 0 Å². The molecule has 0 bridgehead atoms. The van der Waals surface area contributed by atoms with Crippen molar-refractivity contribution in [3.63, 3.8) is 0 Å². The second-order valence-electron chi connectivity index (χ2n) is 3.37. The molecule has 0 aromatic rings. The van der Waals surface area contributed by atoms with Gasteiger partial charge in [0.2, 0.25) is 0 Å². The van der Waals surface area contributed by atoms with Crippen LogP contribution in [0.4, 0.5) is 8.78 Å². The lowest BCUT2D eigenvalue weighted by atomic mass is 10.1. The summed E-state index contributed by atoms with van der Waals surface area (Å²) >= 11 is 0. The van der Waals surface area contributed by atoms with Crippen LogP contribution in [0.5, 0.6) is 0 Å². The van der Waals surface area contributed by atoms with Crippen molar-refractivity contribution in [1.29, 1.82) is 0 Å². The van der Waals surface area contributed by atoms with E-state index in [0.29, 0.717) is 13.1 Å². The fourth-order valence-electron chi connectivity index (χ4n) is 1.59. The molecule has 82 valence electrons. The third-order valence-corrected chi connectivity index (χ3v) is 2.31. The van der Waals surface area contributed by atoms with Gasteiger partial charge in [0.05, 0.1) is 18.9 Å². The summed E-state index contributed by atoms with van der Waals surface area (Å²) in [6, 6.07) is 0.222. The Morgan fingerprint density at radius 1 is 1.50 bits per heavy atom. The van der Waals surface area contributed by atoms with Crippen LogP contribution >= 0.6 is 0 Å². The molecule has 14 heavy (non-hydrogen) atoms. The topological polar surface area (TPSA) is 53.6 Å². The van der Waals surface area contributed by atoms with E-state index in [4.69, 9.17) is 5.84 Å². The predicted octanol–water partition coefficient (Wildman–Crippen LogP) is 0.207. The Hall–Kier alpha value is -0.750. The van der Waals surface area contributed by atoms with Crippen molar-refractivity contribution in [3.05, 3.63) is 0 Å². The molecule has 6 heteroatoms.